The third kappa shape index (κ3) is 4.29. The van der Waals surface area contributed by atoms with Crippen molar-refractivity contribution in [2.75, 3.05) is 51.3 Å². The van der Waals surface area contributed by atoms with E-state index in [4.69, 9.17) is 16.3 Å². The maximum atomic E-state index is 11.9. The van der Waals surface area contributed by atoms with Crippen LogP contribution in [0.2, 0.25) is 5.15 Å². The van der Waals surface area contributed by atoms with E-state index in [1.54, 1.807) is 20.0 Å². The molecule has 2 aromatic rings. The predicted molar refractivity (Wildman–Crippen MR) is 116 cm³/mol. The number of carbonyl (C=O) groups is 1. The topological polar surface area (TPSA) is 90.6 Å². The van der Waals surface area contributed by atoms with Crippen LogP contribution in [0.5, 0.6) is 5.75 Å². The Kier molecular flexibility index (Phi) is 5.97. The molecule has 1 amide bonds. The summed E-state index contributed by atoms with van der Waals surface area (Å²) in [5.41, 5.74) is 2.71. The summed E-state index contributed by atoms with van der Waals surface area (Å²) in [5, 5.41) is 2.90. The third-order valence-corrected chi connectivity index (χ3v) is 6.03. The fourth-order valence-electron chi connectivity index (χ4n) is 4.05. The highest BCUT2D eigenvalue weighted by Gasteiger charge is 2.26. The van der Waals surface area contributed by atoms with E-state index in [2.05, 4.69) is 25.1 Å². The van der Waals surface area contributed by atoms with Crippen LogP contribution in [0, 0.1) is 12.8 Å². The molecular weight excluding hydrogens is 406 g/mol. The number of nitrogens with zero attached hydrogens (tertiary/aromatic N) is 3. The molecule has 0 radical (unpaired) electrons. The number of hydrogen-bond donors (Lipinski definition) is 2. The Morgan fingerprint density at radius 2 is 2.10 bits per heavy atom. The summed E-state index contributed by atoms with van der Waals surface area (Å²) in [6.45, 7) is 6.85. The molecule has 8 nitrogen and oxygen atoms in total. The zero-order valence-electron chi connectivity index (χ0n) is 17.2. The maximum Gasteiger partial charge on any atom is 0.269 e. The van der Waals surface area contributed by atoms with E-state index in [1.165, 1.54) is 0 Å². The van der Waals surface area contributed by atoms with Gasteiger partial charge in [-0.05, 0) is 31.5 Å². The van der Waals surface area contributed by atoms with E-state index in [1.807, 2.05) is 12.1 Å². The molecule has 1 unspecified atom stereocenters. The van der Waals surface area contributed by atoms with Crippen molar-refractivity contribution in [2.45, 2.75) is 13.3 Å². The van der Waals surface area contributed by atoms with Gasteiger partial charge in [-0.3, -0.25) is 14.5 Å². The van der Waals surface area contributed by atoms with E-state index < -0.39 is 0 Å². The SMILES string of the molecule is CNC(=O)c1ccc(N2CCN(CC3COc4cc(C)c(=O)[nH]c4C3)CC2)c(Cl)n1. The first kappa shape index (κ1) is 20.7. The van der Waals surface area contributed by atoms with Gasteiger partial charge >= 0.3 is 0 Å². The average Bonchev–Trinajstić information content (AvgIpc) is 2.75. The van der Waals surface area contributed by atoms with Crippen molar-refractivity contribution in [1.29, 1.82) is 0 Å². The van der Waals surface area contributed by atoms with Crippen LogP contribution in [0.15, 0.2) is 23.0 Å². The summed E-state index contributed by atoms with van der Waals surface area (Å²) in [6.07, 6.45) is 0.821. The maximum absolute atomic E-state index is 11.9. The molecule has 4 rings (SSSR count). The Balaban J connectivity index is 1.33. The van der Waals surface area contributed by atoms with Gasteiger partial charge in [0.1, 0.15) is 11.4 Å². The van der Waals surface area contributed by atoms with Gasteiger partial charge < -0.3 is 19.9 Å². The number of amides is 1. The first-order valence-electron chi connectivity index (χ1n) is 10.2. The minimum atomic E-state index is -0.249. The van der Waals surface area contributed by atoms with Gasteiger partial charge in [-0.1, -0.05) is 11.6 Å². The lowest BCUT2D eigenvalue weighted by molar-refractivity contribution is 0.0958. The molecule has 160 valence electrons. The Morgan fingerprint density at radius 1 is 1.33 bits per heavy atom. The second-order valence-corrected chi connectivity index (χ2v) is 8.24. The number of nitrogens with one attached hydrogen (secondary N) is 2. The number of aromatic amines is 1. The smallest absolute Gasteiger partial charge is 0.269 e. The lowest BCUT2D eigenvalue weighted by atomic mass is 9.99. The molecule has 0 bridgehead atoms. The second kappa shape index (κ2) is 8.65. The van der Waals surface area contributed by atoms with Gasteiger partial charge in [0.05, 0.1) is 18.0 Å². The molecule has 0 aromatic carbocycles. The van der Waals surface area contributed by atoms with Crippen molar-refractivity contribution in [1.82, 2.24) is 20.2 Å². The molecule has 1 saturated heterocycles. The van der Waals surface area contributed by atoms with Crippen molar-refractivity contribution in [3.8, 4) is 5.75 Å². The highest BCUT2D eigenvalue weighted by molar-refractivity contribution is 6.32. The number of hydrogen-bond acceptors (Lipinski definition) is 6. The van der Waals surface area contributed by atoms with Crippen LogP contribution in [0.1, 0.15) is 21.7 Å². The standard InChI is InChI=1S/C21H26ClN5O3/c1-13-9-18-16(25-20(13)28)10-14(12-30-18)11-26-5-7-27(8-6-26)17-4-3-15(21(29)23-2)24-19(17)22/h3-4,9,14H,5-8,10-12H2,1-2H3,(H,23,29)(H,25,28). The zero-order valence-corrected chi connectivity index (χ0v) is 18.0. The summed E-state index contributed by atoms with van der Waals surface area (Å²) < 4.78 is 5.89. The summed E-state index contributed by atoms with van der Waals surface area (Å²) in [4.78, 5) is 35.4. The minimum absolute atomic E-state index is 0.0421. The van der Waals surface area contributed by atoms with Crippen molar-refractivity contribution in [3.63, 3.8) is 0 Å². The first-order valence-corrected chi connectivity index (χ1v) is 10.5. The van der Waals surface area contributed by atoms with Gasteiger partial charge in [-0.25, -0.2) is 4.98 Å². The lowest BCUT2D eigenvalue weighted by Gasteiger charge is -2.38. The number of halogens is 1. The first-order chi connectivity index (χ1) is 14.4. The number of piperazine rings is 1. The number of aromatic nitrogens is 2. The number of pyridine rings is 2. The molecular formula is C21H26ClN5O3. The number of ether oxygens (including phenoxy) is 1. The molecule has 2 aliphatic heterocycles. The fraction of sp³-hybridized carbons (Fsp3) is 0.476. The summed E-state index contributed by atoms with van der Waals surface area (Å²) in [6, 6.07) is 5.39. The quantitative estimate of drug-likeness (QED) is 0.712. The Hall–Kier alpha value is -2.58. The summed E-state index contributed by atoms with van der Waals surface area (Å²) >= 11 is 6.34. The number of rotatable bonds is 4. The van der Waals surface area contributed by atoms with Crippen molar-refractivity contribution < 1.29 is 9.53 Å². The molecule has 2 N–H and O–H groups in total. The van der Waals surface area contributed by atoms with Gasteiger partial charge in [0, 0.05) is 51.3 Å². The van der Waals surface area contributed by atoms with Crippen LogP contribution in [0.3, 0.4) is 0 Å². The van der Waals surface area contributed by atoms with Crippen molar-refractivity contribution >= 4 is 23.2 Å². The van der Waals surface area contributed by atoms with E-state index in [0.29, 0.717) is 28.9 Å². The van der Waals surface area contributed by atoms with Gasteiger partial charge in [-0.15, -0.1) is 0 Å². The van der Waals surface area contributed by atoms with E-state index >= 15 is 0 Å². The number of carbonyl (C=O) groups excluding carboxylic acids is 1. The number of H-pyrrole nitrogens is 1. The van der Waals surface area contributed by atoms with Crippen LogP contribution in [0.4, 0.5) is 5.69 Å². The fourth-order valence-corrected chi connectivity index (χ4v) is 4.33. The third-order valence-electron chi connectivity index (χ3n) is 5.75. The molecule has 2 aromatic heterocycles. The summed E-state index contributed by atoms with van der Waals surface area (Å²) in [5.74, 6) is 0.899. The van der Waals surface area contributed by atoms with E-state index in [0.717, 1.165) is 56.3 Å². The average molecular weight is 432 g/mol. The molecule has 30 heavy (non-hydrogen) atoms. The molecule has 0 aliphatic carbocycles. The van der Waals surface area contributed by atoms with Crippen molar-refractivity contribution in [3.05, 3.63) is 50.7 Å². The van der Waals surface area contributed by atoms with Gasteiger partial charge in [-0.2, -0.15) is 0 Å². The largest absolute Gasteiger partial charge is 0.491 e. The molecule has 0 spiro atoms. The van der Waals surface area contributed by atoms with Crippen LogP contribution in [-0.4, -0.2) is 67.2 Å². The number of aryl methyl sites for hydroxylation is 1. The second-order valence-electron chi connectivity index (χ2n) is 7.88. The monoisotopic (exact) mass is 431 g/mol. The van der Waals surface area contributed by atoms with Gasteiger partial charge in [0.15, 0.2) is 5.15 Å². The zero-order chi connectivity index (χ0) is 21.3. The Morgan fingerprint density at radius 3 is 2.80 bits per heavy atom. The van der Waals surface area contributed by atoms with Crippen molar-refractivity contribution in [2.24, 2.45) is 5.92 Å². The predicted octanol–water partition coefficient (Wildman–Crippen LogP) is 1.46. The molecule has 2 aliphatic rings. The molecule has 1 atom stereocenters. The van der Waals surface area contributed by atoms with E-state index in [-0.39, 0.29) is 11.5 Å². The highest BCUT2D eigenvalue weighted by Crippen LogP contribution is 2.28. The highest BCUT2D eigenvalue weighted by atomic mass is 35.5. The Bertz CT molecular complexity index is 1000. The molecule has 1 fully saturated rings. The van der Waals surface area contributed by atoms with Crippen LogP contribution < -0.4 is 20.5 Å². The van der Waals surface area contributed by atoms with Gasteiger partial charge in [0.25, 0.3) is 11.5 Å². The summed E-state index contributed by atoms with van der Waals surface area (Å²) in [7, 11) is 1.57. The Labute approximate surface area is 180 Å². The van der Waals surface area contributed by atoms with Gasteiger partial charge in [0.2, 0.25) is 0 Å². The number of fused-ring (bicyclic) bond motifs is 1. The molecule has 0 saturated carbocycles. The van der Waals surface area contributed by atoms with Crippen LogP contribution in [0.25, 0.3) is 0 Å². The van der Waals surface area contributed by atoms with E-state index in [9.17, 15) is 9.59 Å². The van der Waals surface area contributed by atoms with Crippen LogP contribution in [-0.2, 0) is 6.42 Å². The van der Waals surface area contributed by atoms with Crippen LogP contribution >= 0.6 is 11.6 Å². The number of anilines is 1. The lowest BCUT2D eigenvalue weighted by Crippen LogP contribution is -2.49. The molecule has 4 heterocycles. The molecule has 9 heteroatoms. The minimum Gasteiger partial charge on any atom is -0.491 e. The normalized spacial score (nSPS) is 19.2.